The minimum atomic E-state index is -0.424. The van der Waals surface area contributed by atoms with Crippen LogP contribution in [-0.4, -0.2) is 25.2 Å². The zero-order valence-electron chi connectivity index (χ0n) is 18.3. The van der Waals surface area contributed by atoms with Crippen LogP contribution in [0.2, 0.25) is 0 Å². The Hall–Kier alpha value is -2.10. The van der Waals surface area contributed by atoms with Crippen molar-refractivity contribution in [2.75, 3.05) is 13.2 Å². The van der Waals surface area contributed by atoms with Gasteiger partial charge in [0.25, 0.3) is 0 Å². The zero-order valence-corrected chi connectivity index (χ0v) is 18.3. The van der Waals surface area contributed by atoms with Crippen molar-refractivity contribution in [1.82, 2.24) is 0 Å². The monoisotopic (exact) mass is 402 g/mol. The Bertz CT molecular complexity index is 607. The highest BCUT2D eigenvalue weighted by Crippen LogP contribution is 2.10. The number of unbranched alkanes of at least 4 members (excludes halogenated alkanes) is 9. The average molecular weight is 403 g/mol. The van der Waals surface area contributed by atoms with Gasteiger partial charge in [0.2, 0.25) is 0 Å². The van der Waals surface area contributed by atoms with Gasteiger partial charge in [0.05, 0.1) is 17.7 Å². The molecule has 0 radical (unpaired) electrons. The topological polar surface area (TPSA) is 52.6 Å². The van der Waals surface area contributed by atoms with Crippen molar-refractivity contribution in [3.05, 3.63) is 47.5 Å². The molecule has 0 aliphatic heterocycles. The van der Waals surface area contributed by atoms with Crippen LogP contribution in [0.25, 0.3) is 0 Å². The van der Waals surface area contributed by atoms with Crippen LogP contribution < -0.4 is 0 Å². The summed E-state index contributed by atoms with van der Waals surface area (Å²) in [5.41, 5.74) is 0.753. The predicted octanol–water partition coefficient (Wildman–Crippen LogP) is 6.89. The summed E-state index contributed by atoms with van der Waals surface area (Å²) in [6.45, 7) is 5.03. The van der Waals surface area contributed by atoms with Gasteiger partial charge in [-0.3, -0.25) is 0 Å². The molecule has 0 atom stereocenters. The molecular weight excluding hydrogens is 364 g/mol. The Morgan fingerprint density at radius 1 is 0.759 bits per heavy atom. The molecule has 0 N–H and O–H groups in total. The molecule has 0 aliphatic rings. The number of benzene rings is 1. The third-order valence-electron chi connectivity index (χ3n) is 4.77. The smallest absolute Gasteiger partial charge is 0.338 e. The molecule has 0 amide bonds. The van der Waals surface area contributed by atoms with E-state index in [2.05, 4.69) is 19.9 Å². The van der Waals surface area contributed by atoms with E-state index in [-0.39, 0.29) is 6.61 Å². The zero-order chi connectivity index (χ0) is 21.2. The molecule has 0 heterocycles. The van der Waals surface area contributed by atoms with E-state index in [4.69, 9.17) is 9.47 Å². The second-order valence-electron chi connectivity index (χ2n) is 7.40. The van der Waals surface area contributed by atoms with Crippen LogP contribution in [0.1, 0.15) is 105 Å². The second-order valence-corrected chi connectivity index (χ2v) is 7.40. The highest BCUT2D eigenvalue weighted by molar-refractivity contribution is 5.95. The molecule has 1 aromatic rings. The summed E-state index contributed by atoms with van der Waals surface area (Å²) < 4.78 is 10.5. The SMILES string of the molecule is CCCCCCCC/C=C/COC(=O)c1cccc(C(=O)OCCCCCC)c1. The predicted molar refractivity (Wildman–Crippen MR) is 118 cm³/mol. The van der Waals surface area contributed by atoms with Gasteiger partial charge >= 0.3 is 11.9 Å². The number of hydrogen-bond acceptors (Lipinski definition) is 4. The van der Waals surface area contributed by atoms with E-state index in [9.17, 15) is 9.59 Å². The molecule has 0 spiro atoms. The highest BCUT2D eigenvalue weighted by Gasteiger charge is 2.12. The average Bonchev–Trinajstić information content (AvgIpc) is 2.74. The van der Waals surface area contributed by atoms with Crippen LogP contribution in [-0.2, 0) is 9.47 Å². The van der Waals surface area contributed by atoms with Gasteiger partial charge in [-0.05, 0) is 37.5 Å². The number of hydrogen-bond donors (Lipinski definition) is 0. The van der Waals surface area contributed by atoms with E-state index < -0.39 is 11.9 Å². The van der Waals surface area contributed by atoms with Gasteiger partial charge in [-0.1, -0.05) is 83.4 Å². The number of rotatable bonds is 16. The van der Waals surface area contributed by atoms with Crippen molar-refractivity contribution >= 4 is 11.9 Å². The minimum Gasteiger partial charge on any atom is -0.462 e. The first-order valence-electron chi connectivity index (χ1n) is 11.3. The lowest BCUT2D eigenvalue weighted by Gasteiger charge is -2.06. The van der Waals surface area contributed by atoms with Gasteiger partial charge in [0, 0.05) is 0 Å². The van der Waals surface area contributed by atoms with E-state index in [1.165, 1.54) is 44.6 Å². The maximum atomic E-state index is 12.2. The summed E-state index contributed by atoms with van der Waals surface area (Å²) in [4.78, 5) is 24.3. The van der Waals surface area contributed by atoms with Gasteiger partial charge in [0.15, 0.2) is 0 Å². The number of carbonyl (C=O) groups excluding carboxylic acids is 2. The summed E-state index contributed by atoms with van der Waals surface area (Å²) in [5.74, 6) is -0.818. The van der Waals surface area contributed by atoms with Crippen LogP contribution in [0.5, 0.6) is 0 Å². The van der Waals surface area contributed by atoms with E-state index in [1.54, 1.807) is 18.2 Å². The van der Waals surface area contributed by atoms with Crippen molar-refractivity contribution in [2.24, 2.45) is 0 Å². The summed E-state index contributed by atoms with van der Waals surface area (Å²) >= 11 is 0. The fourth-order valence-corrected chi connectivity index (χ4v) is 2.99. The molecule has 0 saturated heterocycles. The maximum absolute atomic E-state index is 12.2. The standard InChI is InChI=1S/C25H38O4/c1-3-5-7-9-10-11-12-13-15-20-29-25(27)23-18-16-17-22(21-23)24(26)28-19-14-8-6-4-2/h13,15-18,21H,3-12,14,19-20H2,1-2H3/b15-13+. The van der Waals surface area contributed by atoms with E-state index in [1.807, 2.05) is 6.08 Å². The Balaban J connectivity index is 2.28. The molecule has 1 rings (SSSR count). The van der Waals surface area contributed by atoms with Crippen molar-refractivity contribution in [2.45, 2.75) is 84.5 Å². The van der Waals surface area contributed by atoms with E-state index in [0.717, 1.165) is 32.1 Å². The fraction of sp³-hybridized carbons (Fsp3) is 0.600. The second kappa shape index (κ2) is 16.8. The lowest BCUT2D eigenvalue weighted by Crippen LogP contribution is -2.10. The van der Waals surface area contributed by atoms with Crippen LogP contribution in [0, 0.1) is 0 Å². The summed E-state index contributed by atoms with van der Waals surface area (Å²) in [7, 11) is 0. The Labute approximate surface area is 176 Å². The van der Waals surface area contributed by atoms with Crippen LogP contribution in [0.3, 0.4) is 0 Å². The summed E-state index contributed by atoms with van der Waals surface area (Å²) in [6.07, 6.45) is 16.8. The Morgan fingerprint density at radius 2 is 1.34 bits per heavy atom. The lowest BCUT2D eigenvalue weighted by molar-refractivity contribution is 0.0497. The highest BCUT2D eigenvalue weighted by atomic mass is 16.5. The lowest BCUT2D eigenvalue weighted by atomic mass is 10.1. The molecule has 0 unspecified atom stereocenters. The van der Waals surface area contributed by atoms with Gasteiger partial charge < -0.3 is 9.47 Å². The quantitative estimate of drug-likeness (QED) is 0.172. The van der Waals surface area contributed by atoms with E-state index in [0.29, 0.717) is 17.7 Å². The van der Waals surface area contributed by atoms with Gasteiger partial charge in [-0.2, -0.15) is 0 Å². The molecule has 0 aromatic heterocycles. The normalized spacial score (nSPS) is 11.0. The molecular formula is C25H38O4. The minimum absolute atomic E-state index is 0.251. The first-order chi connectivity index (χ1) is 14.2. The van der Waals surface area contributed by atoms with Crippen molar-refractivity contribution in [3.63, 3.8) is 0 Å². The van der Waals surface area contributed by atoms with Gasteiger partial charge in [-0.25, -0.2) is 9.59 Å². The molecule has 0 fully saturated rings. The number of esters is 2. The Morgan fingerprint density at radius 3 is 2.03 bits per heavy atom. The van der Waals surface area contributed by atoms with Crippen molar-refractivity contribution in [1.29, 1.82) is 0 Å². The molecule has 0 aliphatic carbocycles. The van der Waals surface area contributed by atoms with Crippen molar-refractivity contribution in [3.8, 4) is 0 Å². The van der Waals surface area contributed by atoms with Crippen molar-refractivity contribution < 1.29 is 19.1 Å². The molecule has 4 heteroatoms. The molecule has 4 nitrogen and oxygen atoms in total. The molecule has 0 saturated carbocycles. The van der Waals surface area contributed by atoms with E-state index >= 15 is 0 Å². The number of allylic oxidation sites excluding steroid dienone is 1. The Kier molecular flexibility index (Phi) is 14.5. The third-order valence-corrected chi connectivity index (χ3v) is 4.77. The number of ether oxygens (including phenoxy) is 2. The summed E-state index contributed by atoms with van der Waals surface area (Å²) in [5, 5.41) is 0. The third kappa shape index (κ3) is 12.1. The van der Waals surface area contributed by atoms with Crippen LogP contribution in [0.15, 0.2) is 36.4 Å². The van der Waals surface area contributed by atoms with Gasteiger partial charge in [-0.15, -0.1) is 0 Å². The molecule has 29 heavy (non-hydrogen) atoms. The number of carbonyl (C=O) groups is 2. The first-order valence-corrected chi connectivity index (χ1v) is 11.3. The molecule has 162 valence electrons. The fourth-order valence-electron chi connectivity index (χ4n) is 2.99. The largest absolute Gasteiger partial charge is 0.462 e. The molecule has 0 bridgehead atoms. The molecule has 1 aromatic carbocycles. The van der Waals surface area contributed by atoms with Gasteiger partial charge in [0.1, 0.15) is 6.61 Å². The van der Waals surface area contributed by atoms with Crippen LogP contribution >= 0.6 is 0 Å². The first kappa shape index (κ1) is 24.9. The summed E-state index contributed by atoms with van der Waals surface area (Å²) in [6, 6.07) is 6.53. The van der Waals surface area contributed by atoms with Crippen LogP contribution in [0.4, 0.5) is 0 Å². The maximum Gasteiger partial charge on any atom is 0.338 e.